The van der Waals surface area contributed by atoms with Crippen LogP contribution in [0.25, 0.3) is 11.3 Å². The number of hydrogen-bond donors (Lipinski definition) is 1. The third kappa shape index (κ3) is 4.46. The molecular formula is C20H17N3O6. The van der Waals surface area contributed by atoms with Gasteiger partial charge in [-0.25, -0.2) is 4.79 Å². The molecule has 0 aliphatic heterocycles. The third-order valence-electron chi connectivity index (χ3n) is 4.22. The highest BCUT2D eigenvalue weighted by Crippen LogP contribution is 2.24. The summed E-state index contributed by atoms with van der Waals surface area (Å²) in [6.45, 7) is 2.05. The lowest BCUT2D eigenvalue weighted by Crippen LogP contribution is -2.13. The number of anilines is 1. The van der Waals surface area contributed by atoms with Crippen molar-refractivity contribution in [3.63, 3.8) is 0 Å². The number of benzene rings is 2. The van der Waals surface area contributed by atoms with Crippen LogP contribution >= 0.6 is 0 Å². The zero-order valence-electron chi connectivity index (χ0n) is 15.7. The van der Waals surface area contributed by atoms with Crippen LogP contribution in [0.2, 0.25) is 0 Å². The van der Waals surface area contributed by atoms with Gasteiger partial charge in [0, 0.05) is 29.3 Å². The van der Waals surface area contributed by atoms with Crippen LogP contribution in [-0.2, 0) is 11.2 Å². The first kappa shape index (κ1) is 19.7. The summed E-state index contributed by atoms with van der Waals surface area (Å²) in [7, 11) is 1.14. The molecule has 0 atom stereocenters. The van der Waals surface area contributed by atoms with Gasteiger partial charge < -0.3 is 9.26 Å². The SMILES string of the molecule is CCc1ccc(-c2cc(NC(=O)c3cc(C(=O)OC)cc([N+](=O)[O-])c3)on2)cc1. The number of nitro groups is 1. The number of amides is 1. The van der Waals surface area contributed by atoms with E-state index in [0.717, 1.165) is 31.2 Å². The Labute approximate surface area is 165 Å². The highest BCUT2D eigenvalue weighted by molar-refractivity contribution is 6.05. The molecule has 0 aliphatic carbocycles. The second-order valence-corrected chi connectivity index (χ2v) is 6.10. The number of rotatable bonds is 6. The molecule has 9 heteroatoms. The van der Waals surface area contributed by atoms with E-state index in [4.69, 9.17) is 4.52 Å². The standard InChI is InChI=1S/C20H17N3O6/c1-3-12-4-6-13(7-5-12)17-11-18(29-22-17)21-19(24)14-8-15(20(25)28-2)10-16(9-14)23(26)27/h4-11H,3H2,1-2H3,(H,21,24). The first-order valence-electron chi connectivity index (χ1n) is 8.66. The summed E-state index contributed by atoms with van der Waals surface area (Å²) in [5.41, 5.74) is 1.91. The molecule has 9 nitrogen and oxygen atoms in total. The maximum absolute atomic E-state index is 12.5. The second kappa shape index (κ2) is 8.34. The van der Waals surface area contributed by atoms with Crippen LogP contribution in [0, 0.1) is 10.1 Å². The minimum atomic E-state index is -0.791. The van der Waals surface area contributed by atoms with Crippen LogP contribution < -0.4 is 5.32 Å². The van der Waals surface area contributed by atoms with Crippen molar-refractivity contribution in [2.24, 2.45) is 0 Å². The van der Waals surface area contributed by atoms with E-state index in [1.807, 2.05) is 24.3 Å². The Bertz CT molecular complexity index is 1070. The highest BCUT2D eigenvalue weighted by atomic mass is 16.6. The first-order valence-corrected chi connectivity index (χ1v) is 8.66. The van der Waals surface area contributed by atoms with Gasteiger partial charge in [0.2, 0.25) is 5.88 Å². The van der Waals surface area contributed by atoms with Crippen LogP contribution in [0.5, 0.6) is 0 Å². The molecule has 0 bridgehead atoms. The van der Waals surface area contributed by atoms with Crippen LogP contribution in [0.3, 0.4) is 0 Å². The number of hydrogen-bond acceptors (Lipinski definition) is 7. The Morgan fingerprint density at radius 3 is 2.45 bits per heavy atom. The molecule has 2 aromatic carbocycles. The molecule has 1 amide bonds. The predicted octanol–water partition coefficient (Wildman–Crippen LogP) is 3.85. The summed E-state index contributed by atoms with van der Waals surface area (Å²) < 4.78 is 9.71. The van der Waals surface area contributed by atoms with Crippen molar-refractivity contribution < 1.29 is 23.8 Å². The minimum Gasteiger partial charge on any atom is -0.465 e. The van der Waals surface area contributed by atoms with E-state index in [0.29, 0.717) is 5.69 Å². The van der Waals surface area contributed by atoms with Crippen molar-refractivity contribution in [3.05, 3.63) is 75.3 Å². The molecule has 1 N–H and O–H groups in total. The number of aryl methyl sites for hydroxylation is 1. The normalized spacial score (nSPS) is 10.4. The average Bonchev–Trinajstić information content (AvgIpc) is 3.21. The number of carbonyl (C=O) groups is 2. The largest absolute Gasteiger partial charge is 0.465 e. The van der Waals surface area contributed by atoms with Crippen LogP contribution in [0.4, 0.5) is 11.6 Å². The topological polar surface area (TPSA) is 125 Å². The van der Waals surface area contributed by atoms with Crippen molar-refractivity contribution in [1.82, 2.24) is 5.16 Å². The molecule has 3 rings (SSSR count). The molecule has 0 fully saturated rings. The van der Waals surface area contributed by atoms with Crippen LogP contribution in [0.1, 0.15) is 33.2 Å². The third-order valence-corrected chi connectivity index (χ3v) is 4.22. The van der Waals surface area contributed by atoms with E-state index in [1.165, 1.54) is 17.7 Å². The highest BCUT2D eigenvalue weighted by Gasteiger charge is 2.19. The number of esters is 1. The summed E-state index contributed by atoms with van der Waals surface area (Å²) in [4.78, 5) is 34.6. The van der Waals surface area contributed by atoms with Gasteiger partial charge in [-0.15, -0.1) is 0 Å². The Morgan fingerprint density at radius 1 is 1.14 bits per heavy atom. The fourth-order valence-corrected chi connectivity index (χ4v) is 2.65. The average molecular weight is 395 g/mol. The van der Waals surface area contributed by atoms with Crippen LogP contribution in [0.15, 0.2) is 53.1 Å². The molecule has 0 spiro atoms. The predicted molar refractivity (Wildman–Crippen MR) is 104 cm³/mol. The van der Waals surface area contributed by atoms with E-state index in [1.54, 1.807) is 0 Å². The first-order chi connectivity index (χ1) is 13.9. The quantitative estimate of drug-likeness (QED) is 0.382. The number of carbonyl (C=O) groups excluding carboxylic acids is 2. The maximum atomic E-state index is 12.5. The van der Waals surface area contributed by atoms with E-state index >= 15 is 0 Å². The van der Waals surface area contributed by atoms with Gasteiger partial charge in [-0.2, -0.15) is 0 Å². The molecular weight excluding hydrogens is 378 g/mol. The fraction of sp³-hybridized carbons (Fsp3) is 0.150. The van der Waals surface area contributed by atoms with Gasteiger partial charge in [-0.05, 0) is 18.1 Å². The lowest BCUT2D eigenvalue weighted by Gasteiger charge is -2.04. The molecule has 148 valence electrons. The Kier molecular flexibility index (Phi) is 5.68. The molecule has 0 unspecified atom stereocenters. The number of methoxy groups -OCH3 is 1. The fourth-order valence-electron chi connectivity index (χ4n) is 2.65. The smallest absolute Gasteiger partial charge is 0.338 e. The molecule has 1 heterocycles. The van der Waals surface area contributed by atoms with Gasteiger partial charge in [0.1, 0.15) is 5.69 Å². The summed E-state index contributed by atoms with van der Waals surface area (Å²) in [6, 6.07) is 12.6. The molecule has 0 aliphatic rings. The van der Waals surface area contributed by atoms with E-state index in [9.17, 15) is 19.7 Å². The van der Waals surface area contributed by atoms with Gasteiger partial charge >= 0.3 is 5.97 Å². The summed E-state index contributed by atoms with van der Waals surface area (Å²) >= 11 is 0. The maximum Gasteiger partial charge on any atom is 0.338 e. The number of nitro benzene ring substituents is 1. The van der Waals surface area contributed by atoms with Crippen molar-refractivity contribution in [2.45, 2.75) is 13.3 Å². The van der Waals surface area contributed by atoms with Crippen LogP contribution in [-0.4, -0.2) is 29.1 Å². The zero-order valence-corrected chi connectivity index (χ0v) is 15.7. The van der Waals surface area contributed by atoms with Gasteiger partial charge in [-0.3, -0.25) is 20.2 Å². The molecule has 29 heavy (non-hydrogen) atoms. The monoisotopic (exact) mass is 395 g/mol. The molecule has 3 aromatic rings. The number of non-ortho nitro benzene ring substituents is 1. The lowest BCUT2D eigenvalue weighted by atomic mass is 10.1. The van der Waals surface area contributed by atoms with Gasteiger partial charge in [0.15, 0.2) is 0 Å². The Morgan fingerprint density at radius 2 is 1.83 bits per heavy atom. The Balaban J connectivity index is 1.83. The van der Waals surface area contributed by atoms with Crippen molar-refractivity contribution in [2.75, 3.05) is 12.4 Å². The number of ether oxygens (including phenoxy) is 1. The Hall–Kier alpha value is -4.01. The zero-order chi connectivity index (χ0) is 21.0. The molecule has 0 saturated heterocycles. The molecule has 1 aromatic heterocycles. The van der Waals surface area contributed by atoms with Crippen molar-refractivity contribution >= 4 is 23.4 Å². The molecule has 0 radical (unpaired) electrons. The second-order valence-electron chi connectivity index (χ2n) is 6.10. The summed E-state index contributed by atoms with van der Waals surface area (Å²) in [5.74, 6) is -1.42. The van der Waals surface area contributed by atoms with Gasteiger partial charge in [0.05, 0.1) is 17.6 Å². The van der Waals surface area contributed by atoms with E-state index in [2.05, 4.69) is 22.1 Å². The number of nitrogens with zero attached hydrogens (tertiary/aromatic N) is 2. The molecule has 0 saturated carbocycles. The number of nitrogens with one attached hydrogen (secondary N) is 1. The van der Waals surface area contributed by atoms with E-state index < -0.39 is 22.5 Å². The van der Waals surface area contributed by atoms with E-state index in [-0.39, 0.29) is 17.0 Å². The lowest BCUT2D eigenvalue weighted by molar-refractivity contribution is -0.384. The van der Waals surface area contributed by atoms with Gasteiger partial charge in [-0.1, -0.05) is 36.3 Å². The minimum absolute atomic E-state index is 0.0655. The summed E-state index contributed by atoms with van der Waals surface area (Å²) in [6.07, 6.45) is 0.914. The summed E-state index contributed by atoms with van der Waals surface area (Å²) in [5, 5.41) is 17.5. The van der Waals surface area contributed by atoms with Crippen molar-refractivity contribution in [1.29, 1.82) is 0 Å². The number of aromatic nitrogens is 1. The van der Waals surface area contributed by atoms with Gasteiger partial charge in [0.25, 0.3) is 11.6 Å². The van der Waals surface area contributed by atoms with Crippen molar-refractivity contribution in [3.8, 4) is 11.3 Å².